The molecule has 0 saturated heterocycles. The highest BCUT2D eigenvalue weighted by Crippen LogP contribution is 2.40. The van der Waals surface area contributed by atoms with E-state index in [2.05, 4.69) is 0 Å². The molecule has 0 aliphatic carbocycles. The molecule has 166 valence electrons. The van der Waals surface area contributed by atoms with Crippen molar-refractivity contribution >= 4 is 11.6 Å². The molecule has 9 heteroatoms. The molecule has 0 saturated carbocycles. The van der Waals surface area contributed by atoms with Crippen molar-refractivity contribution < 1.29 is 36.6 Å². The Labute approximate surface area is 181 Å². The molecule has 6 nitrogen and oxygen atoms in total. The Hall–Kier alpha value is -3.62. The Kier molecular flexibility index (Phi) is 4.96. The highest BCUT2D eigenvalue weighted by Gasteiger charge is 2.39. The summed E-state index contributed by atoms with van der Waals surface area (Å²) in [6.45, 7) is 0.893. The van der Waals surface area contributed by atoms with Crippen LogP contribution in [-0.2, 0) is 17.5 Å². The summed E-state index contributed by atoms with van der Waals surface area (Å²) in [5.41, 5.74) is 1.37. The maximum absolute atomic E-state index is 13.2. The molecule has 2 aliphatic heterocycles. The number of benzene rings is 2. The monoisotopic (exact) mass is 445 g/mol. The van der Waals surface area contributed by atoms with Crippen molar-refractivity contribution in [2.45, 2.75) is 18.6 Å². The van der Waals surface area contributed by atoms with E-state index in [1.165, 1.54) is 11.0 Å². The minimum atomic E-state index is -4.58. The largest absolute Gasteiger partial charge is 0.492 e. The van der Waals surface area contributed by atoms with E-state index >= 15 is 0 Å². The topological polar surface area (TPSA) is 61.1 Å². The highest BCUT2D eigenvalue weighted by molar-refractivity contribution is 6.04. The second-order valence-corrected chi connectivity index (χ2v) is 7.42. The maximum Gasteiger partial charge on any atom is 0.449 e. The molecule has 1 unspecified atom stereocenters. The number of carbonyl (C=O) groups excluding carboxylic acids is 1. The van der Waals surface area contributed by atoms with Gasteiger partial charge in [0.1, 0.15) is 31.3 Å². The molecule has 5 rings (SSSR count). The molecule has 0 radical (unpaired) electrons. The van der Waals surface area contributed by atoms with E-state index in [4.69, 9.17) is 18.6 Å². The summed E-state index contributed by atoms with van der Waals surface area (Å²) in [4.78, 5) is 14.6. The molecule has 0 fully saturated rings. The highest BCUT2D eigenvalue weighted by atomic mass is 19.4. The lowest BCUT2D eigenvalue weighted by Gasteiger charge is -2.19. The first-order chi connectivity index (χ1) is 15.4. The minimum Gasteiger partial charge on any atom is -0.492 e. The number of anilines is 1. The van der Waals surface area contributed by atoms with Crippen LogP contribution in [0, 0.1) is 0 Å². The van der Waals surface area contributed by atoms with Crippen LogP contribution in [0.25, 0.3) is 0 Å². The van der Waals surface area contributed by atoms with Gasteiger partial charge in [0, 0.05) is 11.8 Å². The number of ether oxygens (including phenoxy) is 3. The average Bonchev–Trinajstić information content (AvgIpc) is 3.36. The quantitative estimate of drug-likeness (QED) is 0.566. The van der Waals surface area contributed by atoms with Gasteiger partial charge < -0.3 is 23.5 Å². The van der Waals surface area contributed by atoms with E-state index in [0.29, 0.717) is 36.1 Å². The van der Waals surface area contributed by atoms with Crippen LogP contribution >= 0.6 is 0 Å². The SMILES string of the molecule is O=C1C(COc2ccc3c(c2)OCCO3)c2ccccc2N1Cc1ccc(C(F)(F)F)o1. The molecule has 1 amide bonds. The van der Waals surface area contributed by atoms with Crippen LogP contribution in [0.4, 0.5) is 18.9 Å². The van der Waals surface area contributed by atoms with Crippen molar-refractivity contribution in [2.75, 3.05) is 24.7 Å². The molecule has 2 aromatic carbocycles. The van der Waals surface area contributed by atoms with Crippen molar-refractivity contribution in [1.29, 1.82) is 0 Å². The molecule has 32 heavy (non-hydrogen) atoms. The number of para-hydroxylation sites is 1. The Balaban J connectivity index is 1.34. The van der Waals surface area contributed by atoms with E-state index in [1.54, 1.807) is 36.4 Å². The van der Waals surface area contributed by atoms with Crippen molar-refractivity contribution in [3.63, 3.8) is 0 Å². The standard InChI is InChI=1S/C23H18F3NO5/c24-23(25,26)21-8-6-15(32-21)12-27-18-4-2-1-3-16(18)17(22(27)28)13-31-14-5-7-19-20(11-14)30-10-9-29-19/h1-8,11,17H,9-10,12-13H2. The lowest BCUT2D eigenvalue weighted by Crippen LogP contribution is -2.30. The number of hydrogen-bond acceptors (Lipinski definition) is 5. The summed E-state index contributed by atoms with van der Waals surface area (Å²) >= 11 is 0. The Bertz CT molecular complexity index is 1160. The lowest BCUT2D eigenvalue weighted by atomic mass is 10.0. The molecule has 0 spiro atoms. The maximum atomic E-state index is 13.2. The fourth-order valence-corrected chi connectivity index (χ4v) is 3.86. The van der Waals surface area contributed by atoms with Crippen LogP contribution in [0.15, 0.2) is 59.0 Å². The van der Waals surface area contributed by atoms with Gasteiger partial charge in [-0.25, -0.2) is 0 Å². The average molecular weight is 445 g/mol. The Morgan fingerprint density at radius 3 is 2.56 bits per heavy atom. The number of nitrogens with zero attached hydrogens (tertiary/aromatic N) is 1. The second-order valence-electron chi connectivity index (χ2n) is 7.42. The van der Waals surface area contributed by atoms with Gasteiger partial charge >= 0.3 is 6.18 Å². The van der Waals surface area contributed by atoms with Crippen molar-refractivity contribution in [1.82, 2.24) is 0 Å². The van der Waals surface area contributed by atoms with E-state index in [-0.39, 0.29) is 24.8 Å². The molecular formula is C23H18F3NO5. The van der Waals surface area contributed by atoms with Crippen LogP contribution < -0.4 is 19.1 Å². The summed E-state index contributed by atoms with van der Waals surface area (Å²) in [5, 5.41) is 0. The van der Waals surface area contributed by atoms with Gasteiger partial charge in [-0.3, -0.25) is 4.79 Å². The molecule has 0 bridgehead atoms. The van der Waals surface area contributed by atoms with Gasteiger partial charge in [-0.2, -0.15) is 13.2 Å². The summed E-state index contributed by atoms with van der Waals surface area (Å²) in [6.07, 6.45) is -4.58. The lowest BCUT2D eigenvalue weighted by molar-refractivity contribution is -0.153. The minimum absolute atomic E-state index is 0.0499. The van der Waals surface area contributed by atoms with Gasteiger partial charge in [0.15, 0.2) is 11.5 Å². The van der Waals surface area contributed by atoms with Crippen LogP contribution in [0.2, 0.25) is 0 Å². The number of furan rings is 1. The van der Waals surface area contributed by atoms with Gasteiger partial charge in [0.25, 0.3) is 0 Å². The predicted octanol–water partition coefficient (Wildman–Crippen LogP) is 4.78. The molecule has 1 atom stereocenters. The van der Waals surface area contributed by atoms with Crippen molar-refractivity contribution in [3.05, 3.63) is 71.7 Å². The number of halogens is 3. The zero-order valence-corrected chi connectivity index (χ0v) is 16.7. The second kappa shape index (κ2) is 7.81. The smallest absolute Gasteiger partial charge is 0.449 e. The molecule has 0 N–H and O–H groups in total. The zero-order chi connectivity index (χ0) is 22.3. The third-order valence-electron chi connectivity index (χ3n) is 5.35. The molecule has 1 aromatic heterocycles. The predicted molar refractivity (Wildman–Crippen MR) is 107 cm³/mol. The Morgan fingerprint density at radius 2 is 1.78 bits per heavy atom. The number of hydrogen-bond donors (Lipinski definition) is 0. The summed E-state index contributed by atoms with van der Waals surface area (Å²) in [6, 6.07) is 14.4. The summed E-state index contributed by atoms with van der Waals surface area (Å²) in [7, 11) is 0. The summed E-state index contributed by atoms with van der Waals surface area (Å²) < 4.78 is 60.4. The van der Waals surface area contributed by atoms with E-state index in [9.17, 15) is 18.0 Å². The van der Waals surface area contributed by atoms with Crippen LogP contribution in [0.5, 0.6) is 17.2 Å². The van der Waals surface area contributed by atoms with Crippen molar-refractivity contribution in [3.8, 4) is 17.2 Å². The van der Waals surface area contributed by atoms with Gasteiger partial charge in [0.2, 0.25) is 11.7 Å². The van der Waals surface area contributed by atoms with E-state index in [0.717, 1.165) is 11.6 Å². The van der Waals surface area contributed by atoms with Gasteiger partial charge in [0.05, 0.1) is 12.5 Å². The number of carbonyl (C=O) groups is 1. The first-order valence-corrected chi connectivity index (χ1v) is 9.99. The number of amides is 1. The van der Waals surface area contributed by atoms with Crippen LogP contribution in [-0.4, -0.2) is 25.7 Å². The van der Waals surface area contributed by atoms with E-state index in [1.807, 2.05) is 6.07 Å². The fraction of sp³-hybridized carbons (Fsp3) is 0.261. The fourth-order valence-electron chi connectivity index (χ4n) is 3.86. The normalized spacial score (nSPS) is 17.4. The third kappa shape index (κ3) is 3.74. The molecule has 2 aliphatic rings. The molecule has 3 heterocycles. The van der Waals surface area contributed by atoms with E-state index < -0.39 is 17.9 Å². The Morgan fingerprint density at radius 1 is 1.00 bits per heavy atom. The number of fused-ring (bicyclic) bond motifs is 2. The first-order valence-electron chi connectivity index (χ1n) is 9.99. The number of rotatable bonds is 5. The number of alkyl halides is 3. The molecule has 3 aromatic rings. The first kappa shape index (κ1) is 20.3. The third-order valence-corrected chi connectivity index (χ3v) is 5.35. The van der Waals surface area contributed by atoms with Crippen LogP contribution in [0.3, 0.4) is 0 Å². The van der Waals surface area contributed by atoms with Gasteiger partial charge in [-0.1, -0.05) is 18.2 Å². The van der Waals surface area contributed by atoms with Gasteiger partial charge in [-0.15, -0.1) is 0 Å². The van der Waals surface area contributed by atoms with Crippen molar-refractivity contribution in [2.24, 2.45) is 0 Å². The zero-order valence-electron chi connectivity index (χ0n) is 16.7. The van der Waals surface area contributed by atoms with Crippen LogP contribution in [0.1, 0.15) is 23.0 Å². The summed E-state index contributed by atoms with van der Waals surface area (Å²) in [5.74, 6) is -0.177. The van der Waals surface area contributed by atoms with Gasteiger partial charge in [-0.05, 0) is 35.9 Å². The molecular weight excluding hydrogens is 427 g/mol.